The molecule has 0 aliphatic heterocycles. The predicted molar refractivity (Wildman–Crippen MR) is 103 cm³/mol. The van der Waals surface area contributed by atoms with Crippen LogP contribution in [0.25, 0.3) is 0 Å². The SMILES string of the molecule is COc1ccccc1C(=O)N/N=C(/C)CC(=O)Nc1cc(Cl)cc(Cl)c1. The lowest BCUT2D eigenvalue weighted by atomic mass is 10.2. The Morgan fingerprint density at radius 3 is 2.42 bits per heavy atom. The quantitative estimate of drug-likeness (QED) is 0.571. The lowest BCUT2D eigenvalue weighted by molar-refractivity contribution is -0.115. The summed E-state index contributed by atoms with van der Waals surface area (Å²) in [5, 5.41) is 7.45. The van der Waals surface area contributed by atoms with Crippen LogP contribution in [0.2, 0.25) is 10.0 Å². The lowest BCUT2D eigenvalue weighted by Gasteiger charge is -2.08. The summed E-state index contributed by atoms with van der Waals surface area (Å²) in [5.74, 6) is -0.298. The number of nitrogens with zero attached hydrogens (tertiary/aromatic N) is 1. The van der Waals surface area contributed by atoms with Crippen LogP contribution in [0.15, 0.2) is 47.6 Å². The largest absolute Gasteiger partial charge is 0.496 e. The van der Waals surface area contributed by atoms with E-state index in [1.165, 1.54) is 7.11 Å². The Morgan fingerprint density at radius 2 is 1.77 bits per heavy atom. The molecule has 8 heteroatoms. The Hall–Kier alpha value is -2.57. The van der Waals surface area contributed by atoms with E-state index in [9.17, 15) is 9.59 Å². The van der Waals surface area contributed by atoms with E-state index in [0.717, 1.165) is 0 Å². The van der Waals surface area contributed by atoms with E-state index in [1.54, 1.807) is 49.4 Å². The minimum atomic E-state index is -0.427. The van der Waals surface area contributed by atoms with Gasteiger partial charge in [0.1, 0.15) is 5.75 Å². The molecular weight excluding hydrogens is 377 g/mol. The molecule has 0 aromatic heterocycles. The number of carbonyl (C=O) groups excluding carboxylic acids is 2. The molecule has 0 bridgehead atoms. The third kappa shape index (κ3) is 5.75. The number of para-hydroxylation sites is 1. The van der Waals surface area contributed by atoms with Gasteiger partial charge in [-0.25, -0.2) is 5.43 Å². The summed E-state index contributed by atoms with van der Waals surface area (Å²) in [6, 6.07) is 11.5. The molecule has 0 aliphatic rings. The van der Waals surface area contributed by atoms with Gasteiger partial charge in [-0.3, -0.25) is 9.59 Å². The third-order valence-corrected chi connectivity index (χ3v) is 3.70. The van der Waals surface area contributed by atoms with Crippen molar-refractivity contribution in [1.29, 1.82) is 0 Å². The van der Waals surface area contributed by atoms with Gasteiger partial charge >= 0.3 is 0 Å². The highest BCUT2D eigenvalue weighted by Gasteiger charge is 2.11. The van der Waals surface area contributed by atoms with Crippen LogP contribution in [-0.4, -0.2) is 24.6 Å². The molecule has 2 N–H and O–H groups in total. The Bertz CT molecular complexity index is 833. The van der Waals surface area contributed by atoms with Crippen molar-refractivity contribution in [2.45, 2.75) is 13.3 Å². The lowest BCUT2D eigenvalue weighted by Crippen LogP contribution is -2.22. The molecule has 0 heterocycles. The Morgan fingerprint density at radius 1 is 1.12 bits per heavy atom. The number of hydrogen-bond acceptors (Lipinski definition) is 4. The molecule has 0 atom stereocenters. The molecule has 136 valence electrons. The summed E-state index contributed by atoms with van der Waals surface area (Å²) < 4.78 is 5.13. The summed E-state index contributed by atoms with van der Waals surface area (Å²) in [4.78, 5) is 24.2. The fourth-order valence-corrected chi connectivity index (χ4v) is 2.67. The standard InChI is InChI=1S/C18H17Cl2N3O3/c1-11(7-17(24)21-14-9-12(19)8-13(20)10-14)22-23-18(25)15-5-3-4-6-16(15)26-2/h3-6,8-10H,7H2,1-2H3,(H,21,24)(H,23,25)/b22-11-. The number of rotatable bonds is 6. The highest BCUT2D eigenvalue weighted by molar-refractivity contribution is 6.35. The van der Waals surface area contributed by atoms with Crippen molar-refractivity contribution in [3.05, 3.63) is 58.1 Å². The van der Waals surface area contributed by atoms with E-state index >= 15 is 0 Å². The van der Waals surface area contributed by atoms with Gasteiger partial charge in [-0.05, 0) is 37.3 Å². The number of nitrogens with one attached hydrogen (secondary N) is 2. The van der Waals surface area contributed by atoms with Crippen molar-refractivity contribution in [3.63, 3.8) is 0 Å². The van der Waals surface area contributed by atoms with Crippen LogP contribution in [0.4, 0.5) is 5.69 Å². The first-order valence-corrected chi connectivity index (χ1v) is 8.37. The number of halogens is 2. The molecule has 0 fully saturated rings. The molecule has 0 radical (unpaired) electrons. The van der Waals surface area contributed by atoms with Crippen LogP contribution < -0.4 is 15.5 Å². The van der Waals surface area contributed by atoms with Crippen LogP contribution in [0, 0.1) is 0 Å². The first-order valence-electron chi connectivity index (χ1n) is 7.61. The summed E-state index contributed by atoms with van der Waals surface area (Å²) in [7, 11) is 1.48. The molecule has 2 aromatic carbocycles. The number of hydrogen-bond donors (Lipinski definition) is 2. The summed E-state index contributed by atoms with van der Waals surface area (Å²) in [6.07, 6.45) is -0.00363. The van der Waals surface area contributed by atoms with Crippen molar-refractivity contribution >= 4 is 46.4 Å². The van der Waals surface area contributed by atoms with E-state index in [4.69, 9.17) is 27.9 Å². The van der Waals surface area contributed by atoms with Crippen LogP contribution in [-0.2, 0) is 4.79 Å². The molecular formula is C18H17Cl2N3O3. The fraction of sp³-hybridized carbons (Fsp3) is 0.167. The van der Waals surface area contributed by atoms with Gasteiger partial charge in [-0.2, -0.15) is 5.10 Å². The zero-order valence-electron chi connectivity index (χ0n) is 14.2. The Kier molecular flexibility index (Phi) is 7.00. The van der Waals surface area contributed by atoms with Gasteiger partial charge in [-0.1, -0.05) is 35.3 Å². The number of anilines is 1. The number of hydrazone groups is 1. The highest BCUT2D eigenvalue weighted by atomic mass is 35.5. The number of ether oxygens (including phenoxy) is 1. The first-order chi connectivity index (χ1) is 12.4. The maximum Gasteiger partial charge on any atom is 0.275 e. The van der Waals surface area contributed by atoms with E-state index in [2.05, 4.69) is 15.8 Å². The van der Waals surface area contributed by atoms with E-state index < -0.39 is 5.91 Å². The van der Waals surface area contributed by atoms with Crippen molar-refractivity contribution in [2.24, 2.45) is 5.10 Å². The summed E-state index contributed by atoms with van der Waals surface area (Å²) >= 11 is 11.8. The minimum absolute atomic E-state index is 0.00363. The Labute approximate surface area is 161 Å². The smallest absolute Gasteiger partial charge is 0.275 e. The minimum Gasteiger partial charge on any atom is -0.496 e. The Balaban J connectivity index is 1.95. The van der Waals surface area contributed by atoms with E-state index in [0.29, 0.717) is 32.8 Å². The van der Waals surface area contributed by atoms with Crippen molar-refractivity contribution in [1.82, 2.24) is 5.43 Å². The number of carbonyl (C=O) groups is 2. The van der Waals surface area contributed by atoms with Gasteiger partial charge in [0, 0.05) is 21.4 Å². The summed E-state index contributed by atoms with van der Waals surface area (Å²) in [6.45, 7) is 1.63. The van der Waals surface area contributed by atoms with Gasteiger partial charge in [-0.15, -0.1) is 0 Å². The van der Waals surface area contributed by atoms with Crippen LogP contribution in [0.5, 0.6) is 5.75 Å². The third-order valence-electron chi connectivity index (χ3n) is 3.26. The van der Waals surface area contributed by atoms with Gasteiger partial charge in [0.05, 0.1) is 19.1 Å². The molecule has 2 amide bonds. The summed E-state index contributed by atoms with van der Waals surface area (Å²) in [5.41, 5.74) is 3.67. The highest BCUT2D eigenvalue weighted by Crippen LogP contribution is 2.22. The molecule has 26 heavy (non-hydrogen) atoms. The van der Waals surface area contributed by atoms with E-state index in [-0.39, 0.29) is 12.3 Å². The fourth-order valence-electron chi connectivity index (χ4n) is 2.14. The number of benzene rings is 2. The predicted octanol–water partition coefficient (Wildman–Crippen LogP) is 4.14. The van der Waals surface area contributed by atoms with Crippen molar-refractivity contribution < 1.29 is 14.3 Å². The molecule has 2 rings (SSSR count). The molecule has 0 aliphatic carbocycles. The van der Waals surface area contributed by atoms with Crippen LogP contribution in [0.1, 0.15) is 23.7 Å². The molecule has 0 spiro atoms. The topological polar surface area (TPSA) is 79.8 Å². The zero-order chi connectivity index (χ0) is 19.1. The maximum absolute atomic E-state index is 12.2. The van der Waals surface area contributed by atoms with Crippen molar-refractivity contribution in [2.75, 3.05) is 12.4 Å². The van der Waals surface area contributed by atoms with Gasteiger partial charge in [0.2, 0.25) is 5.91 Å². The average Bonchev–Trinajstić information content (AvgIpc) is 2.58. The van der Waals surface area contributed by atoms with E-state index in [1.807, 2.05) is 0 Å². The molecule has 2 aromatic rings. The average molecular weight is 394 g/mol. The second-order valence-electron chi connectivity index (χ2n) is 5.37. The van der Waals surface area contributed by atoms with Gasteiger partial charge in [0.25, 0.3) is 5.91 Å². The molecule has 0 saturated heterocycles. The van der Waals surface area contributed by atoms with Gasteiger partial charge in [0.15, 0.2) is 0 Å². The monoisotopic (exact) mass is 393 g/mol. The maximum atomic E-state index is 12.2. The van der Waals surface area contributed by atoms with Crippen LogP contribution >= 0.6 is 23.2 Å². The first kappa shape index (κ1) is 19.8. The van der Waals surface area contributed by atoms with Crippen LogP contribution in [0.3, 0.4) is 0 Å². The number of amides is 2. The molecule has 0 unspecified atom stereocenters. The normalized spacial score (nSPS) is 11.0. The second-order valence-corrected chi connectivity index (χ2v) is 6.24. The van der Waals surface area contributed by atoms with Crippen molar-refractivity contribution in [3.8, 4) is 5.75 Å². The number of methoxy groups -OCH3 is 1. The molecule has 6 nitrogen and oxygen atoms in total. The zero-order valence-corrected chi connectivity index (χ0v) is 15.7. The molecule has 0 saturated carbocycles. The van der Waals surface area contributed by atoms with Gasteiger partial charge < -0.3 is 10.1 Å². The second kappa shape index (κ2) is 9.22.